The number of nitrogens with zero attached hydrogens (tertiary/aromatic N) is 2. The van der Waals surface area contributed by atoms with Crippen molar-refractivity contribution in [2.45, 2.75) is 13.1 Å². The van der Waals surface area contributed by atoms with Crippen molar-refractivity contribution < 1.29 is 14.0 Å². The van der Waals surface area contributed by atoms with Crippen molar-refractivity contribution in [2.75, 3.05) is 27.7 Å². The zero-order valence-corrected chi connectivity index (χ0v) is 14.3. The number of carbonyl (C=O) groups excluding carboxylic acids is 2. The van der Waals surface area contributed by atoms with Crippen molar-refractivity contribution in [2.24, 2.45) is 0 Å². The van der Waals surface area contributed by atoms with Crippen LogP contribution in [0.2, 0.25) is 0 Å². The van der Waals surface area contributed by atoms with Crippen LogP contribution in [0.4, 0.5) is 0 Å². The SMILES string of the molecule is CNC(=O)c1ccc(CN(C)CC(=O)N(C)Cc2ccco2)cc1. The second kappa shape index (κ2) is 8.31. The smallest absolute Gasteiger partial charge is 0.251 e. The van der Waals surface area contributed by atoms with Gasteiger partial charge in [-0.3, -0.25) is 14.5 Å². The fourth-order valence-corrected chi connectivity index (χ4v) is 2.35. The summed E-state index contributed by atoms with van der Waals surface area (Å²) >= 11 is 0. The lowest BCUT2D eigenvalue weighted by molar-refractivity contribution is -0.131. The Hall–Kier alpha value is -2.60. The number of amides is 2. The van der Waals surface area contributed by atoms with Crippen LogP contribution < -0.4 is 5.32 Å². The number of nitrogens with one attached hydrogen (secondary N) is 1. The molecule has 0 fully saturated rings. The van der Waals surface area contributed by atoms with Gasteiger partial charge in [-0.25, -0.2) is 0 Å². The zero-order valence-electron chi connectivity index (χ0n) is 14.3. The number of benzene rings is 1. The van der Waals surface area contributed by atoms with Gasteiger partial charge >= 0.3 is 0 Å². The van der Waals surface area contributed by atoms with Crippen molar-refractivity contribution in [3.63, 3.8) is 0 Å². The summed E-state index contributed by atoms with van der Waals surface area (Å²) in [5.74, 6) is 0.679. The highest BCUT2D eigenvalue weighted by Gasteiger charge is 2.13. The predicted molar refractivity (Wildman–Crippen MR) is 91.3 cm³/mol. The molecule has 0 bridgehead atoms. The molecule has 0 spiro atoms. The average molecular weight is 329 g/mol. The summed E-state index contributed by atoms with van der Waals surface area (Å²) in [4.78, 5) is 27.3. The van der Waals surface area contributed by atoms with Gasteiger partial charge in [0.25, 0.3) is 5.91 Å². The van der Waals surface area contributed by atoms with E-state index in [1.165, 1.54) is 0 Å². The van der Waals surface area contributed by atoms with Gasteiger partial charge in [-0.15, -0.1) is 0 Å². The second-order valence-corrected chi connectivity index (χ2v) is 5.78. The highest BCUT2D eigenvalue weighted by atomic mass is 16.3. The molecule has 0 saturated heterocycles. The molecular formula is C18H23N3O3. The maximum atomic E-state index is 12.2. The maximum absolute atomic E-state index is 12.2. The molecule has 0 aliphatic rings. The molecule has 0 unspecified atom stereocenters. The molecule has 0 aliphatic heterocycles. The Bertz CT molecular complexity index is 665. The van der Waals surface area contributed by atoms with E-state index in [4.69, 9.17) is 4.42 Å². The molecule has 1 heterocycles. The Morgan fingerprint density at radius 1 is 1.08 bits per heavy atom. The van der Waals surface area contributed by atoms with Gasteiger partial charge in [0.15, 0.2) is 0 Å². The monoisotopic (exact) mass is 329 g/mol. The molecule has 24 heavy (non-hydrogen) atoms. The number of hydrogen-bond donors (Lipinski definition) is 1. The lowest BCUT2D eigenvalue weighted by atomic mass is 10.1. The van der Waals surface area contributed by atoms with Crippen LogP contribution >= 0.6 is 0 Å². The lowest BCUT2D eigenvalue weighted by Crippen LogP contribution is -2.35. The van der Waals surface area contributed by atoms with Crippen molar-refractivity contribution >= 4 is 11.8 Å². The summed E-state index contributed by atoms with van der Waals surface area (Å²) in [5, 5.41) is 2.59. The summed E-state index contributed by atoms with van der Waals surface area (Å²) in [5.41, 5.74) is 1.67. The second-order valence-electron chi connectivity index (χ2n) is 5.78. The number of rotatable bonds is 7. The summed E-state index contributed by atoms with van der Waals surface area (Å²) in [6.45, 7) is 1.41. The van der Waals surface area contributed by atoms with Crippen molar-refractivity contribution in [1.82, 2.24) is 15.1 Å². The van der Waals surface area contributed by atoms with Crippen LogP contribution in [0.15, 0.2) is 47.1 Å². The third-order valence-corrected chi connectivity index (χ3v) is 3.70. The van der Waals surface area contributed by atoms with Gasteiger partial charge in [-0.05, 0) is 36.9 Å². The standard InChI is InChI=1S/C18H23N3O3/c1-19-18(23)15-8-6-14(7-9-15)11-20(2)13-17(22)21(3)12-16-5-4-10-24-16/h4-10H,11-13H2,1-3H3,(H,19,23). The molecule has 6 nitrogen and oxygen atoms in total. The first kappa shape index (κ1) is 17.7. The number of hydrogen-bond acceptors (Lipinski definition) is 4. The van der Waals surface area contributed by atoms with Gasteiger partial charge in [0, 0.05) is 26.2 Å². The van der Waals surface area contributed by atoms with E-state index in [1.54, 1.807) is 37.4 Å². The van der Waals surface area contributed by atoms with Crippen LogP contribution in [-0.2, 0) is 17.9 Å². The Kier molecular flexibility index (Phi) is 6.14. The van der Waals surface area contributed by atoms with Gasteiger partial charge in [-0.1, -0.05) is 12.1 Å². The predicted octanol–water partition coefficient (Wildman–Crippen LogP) is 1.73. The van der Waals surface area contributed by atoms with E-state index < -0.39 is 0 Å². The van der Waals surface area contributed by atoms with E-state index in [0.29, 0.717) is 25.2 Å². The molecule has 1 aromatic carbocycles. The molecule has 1 N–H and O–H groups in total. The first-order valence-corrected chi connectivity index (χ1v) is 7.75. The molecule has 1 aromatic heterocycles. The summed E-state index contributed by atoms with van der Waals surface area (Å²) in [6.07, 6.45) is 1.60. The fourth-order valence-electron chi connectivity index (χ4n) is 2.35. The minimum Gasteiger partial charge on any atom is -0.467 e. The Balaban J connectivity index is 1.84. The molecule has 0 saturated carbocycles. The third-order valence-electron chi connectivity index (χ3n) is 3.70. The van der Waals surface area contributed by atoms with E-state index in [1.807, 2.05) is 36.2 Å². The highest BCUT2D eigenvalue weighted by Crippen LogP contribution is 2.08. The topological polar surface area (TPSA) is 65.8 Å². The summed E-state index contributed by atoms with van der Waals surface area (Å²) in [7, 11) is 5.26. The largest absolute Gasteiger partial charge is 0.467 e. The molecular weight excluding hydrogens is 306 g/mol. The van der Waals surface area contributed by atoms with Crippen LogP contribution in [0.3, 0.4) is 0 Å². The van der Waals surface area contributed by atoms with Crippen LogP contribution in [0, 0.1) is 0 Å². The van der Waals surface area contributed by atoms with Gasteiger partial charge < -0.3 is 14.6 Å². The van der Waals surface area contributed by atoms with Crippen LogP contribution in [-0.4, -0.2) is 49.3 Å². The van der Waals surface area contributed by atoms with Crippen molar-refractivity contribution in [3.8, 4) is 0 Å². The molecule has 2 amide bonds. The van der Waals surface area contributed by atoms with Crippen LogP contribution in [0.1, 0.15) is 21.7 Å². The maximum Gasteiger partial charge on any atom is 0.251 e. The average Bonchev–Trinajstić information content (AvgIpc) is 3.07. The fraction of sp³-hybridized carbons (Fsp3) is 0.333. The molecule has 0 atom stereocenters. The molecule has 6 heteroatoms. The molecule has 2 rings (SSSR count). The minimum atomic E-state index is -0.107. The van der Waals surface area contributed by atoms with Crippen molar-refractivity contribution in [3.05, 3.63) is 59.5 Å². The lowest BCUT2D eigenvalue weighted by Gasteiger charge is -2.21. The number of furan rings is 1. The minimum absolute atomic E-state index is 0.0240. The van der Waals surface area contributed by atoms with Crippen LogP contribution in [0.25, 0.3) is 0 Å². The number of carbonyl (C=O) groups is 2. The van der Waals surface area contributed by atoms with E-state index in [9.17, 15) is 9.59 Å². The first-order chi connectivity index (χ1) is 11.5. The van der Waals surface area contributed by atoms with Gasteiger partial charge in [-0.2, -0.15) is 0 Å². The van der Waals surface area contributed by atoms with Gasteiger partial charge in [0.1, 0.15) is 5.76 Å². The summed E-state index contributed by atoms with van der Waals surface area (Å²) < 4.78 is 5.25. The molecule has 0 aliphatic carbocycles. The highest BCUT2D eigenvalue weighted by molar-refractivity contribution is 5.93. The quantitative estimate of drug-likeness (QED) is 0.840. The van der Waals surface area contributed by atoms with E-state index in [-0.39, 0.29) is 11.8 Å². The first-order valence-electron chi connectivity index (χ1n) is 7.75. The normalized spacial score (nSPS) is 10.7. The van der Waals surface area contributed by atoms with E-state index in [2.05, 4.69) is 5.32 Å². The van der Waals surface area contributed by atoms with E-state index >= 15 is 0 Å². The Labute approximate surface area is 142 Å². The zero-order chi connectivity index (χ0) is 17.5. The number of likely N-dealkylation sites (N-methyl/N-ethyl adjacent to an activating group) is 2. The van der Waals surface area contributed by atoms with Crippen LogP contribution in [0.5, 0.6) is 0 Å². The Morgan fingerprint density at radius 2 is 1.79 bits per heavy atom. The van der Waals surface area contributed by atoms with Gasteiger partial charge in [0.05, 0.1) is 19.4 Å². The van der Waals surface area contributed by atoms with Gasteiger partial charge in [0.2, 0.25) is 5.91 Å². The van der Waals surface area contributed by atoms with Crippen molar-refractivity contribution in [1.29, 1.82) is 0 Å². The van der Waals surface area contributed by atoms with E-state index in [0.717, 1.165) is 11.3 Å². The summed E-state index contributed by atoms with van der Waals surface area (Å²) in [6, 6.07) is 11.0. The molecule has 0 radical (unpaired) electrons. The Morgan fingerprint density at radius 3 is 2.38 bits per heavy atom. The molecule has 128 valence electrons. The third kappa shape index (κ3) is 4.96. The molecule has 2 aromatic rings.